The second kappa shape index (κ2) is 4.88. The third-order valence-corrected chi connectivity index (χ3v) is 4.84. The van der Waals surface area contributed by atoms with Crippen molar-refractivity contribution in [2.24, 2.45) is 5.92 Å². The molecule has 5 heteroatoms. The van der Waals surface area contributed by atoms with Crippen LogP contribution in [0.2, 0.25) is 0 Å². The van der Waals surface area contributed by atoms with E-state index in [2.05, 4.69) is 9.55 Å². The molecule has 0 aromatic carbocycles. The molecule has 1 atom stereocenters. The molecule has 0 spiro atoms. The van der Waals surface area contributed by atoms with Gasteiger partial charge in [0.25, 0.3) is 0 Å². The topological polar surface area (TPSA) is 58.4 Å². The summed E-state index contributed by atoms with van der Waals surface area (Å²) in [5.74, 6) is 1.23. The van der Waals surface area contributed by atoms with E-state index in [1.807, 2.05) is 20.2 Å². The van der Waals surface area contributed by atoms with Crippen molar-refractivity contribution in [1.29, 1.82) is 0 Å². The van der Waals surface area contributed by atoms with Crippen molar-refractivity contribution in [3.05, 3.63) is 17.7 Å². The predicted octanol–water partition coefficient (Wildman–Crippen LogP) is 1.13. The molecule has 1 aliphatic heterocycles. The number of fused-ring (bicyclic) bond motifs is 1. The molecular weight excluding hydrogens is 254 g/mol. The zero-order chi connectivity index (χ0) is 14.3. The second-order valence-electron chi connectivity index (χ2n) is 6.41. The summed E-state index contributed by atoms with van der Waals surface area (Å²) in [5.41, 5.74) is 0.528. The average Bonchev–Trinajstić information content (AvgIpc) is 2.77. The number of hydrogen-bond acceptors (Lipinski definition) is 3. The first-order valence-corrected chi connectivity index (χ1v) is 7.47. The number of aryl methyl sites for hydroxylation is 1. The lowest BCUT2D eigenvalue weighted by Gasteiger charge is -2.40. The molecule has 0 bridgehead atoms. The molecule has 3 rings (SSSR count). The molecule has 1 N–H and O–H groups in total. The summed E-state index contributed by atoms with van der Waals surface area (Å²) < 4.78 is 2.20. The van der Waals surface area contributed by atoms with Gasteiger partial charge in [0.15, 0.2) is 0 Å². The van der Waals surface area contributed by atoms with Gasteiger partial charge in [-0.25, -0.2) is 4.98 Å². The van der Waals surface area contributed by atoms with Crippen molar-refractivity contribution in [2.75, 3.05) is 13.6 Å². The average molecular weight is 277 g/mol. The maximum Gasteiger partial charge on any atom is 0.225 e. The van der Waals surface area contributed by atoms with Gasteiger partial charge in [0, 0.05) is 44.4 Å². The van der Waals surface area contributed by atoms with Crippen LogP contribution in [-0.4, -0.2) is 44.7 Å². The van der Waals surface area contributed by atoms with E-state index < -0.39 is 5.60 Å². The number of aromatic nitrogens is 2. The van der Waals surface area contributed by atoms with Gasteiger partial charge in [-0.15, -0.1) is 0 Å². The van der Waals surface area contributed by atoms with Crippen molar-refractivity contribution in [3.63, 3.8) is 0 Å². The fourth-order valence-electron chi connectivity index (χ4n) is 3.41. The lowest BCUT2D eigenvalue weighted by Crippen LogP contribution is -2.50. The van der Waals surface area contributed by atoms with Crippen LogP contribution in [0.4, 0.5) is 0 Å². The number of carbonyl (C=O) groups is 1. The maximum atomic E-state index is 12.5. The first-order valence-electron chi connectivity index (χ1n) is 7.47. The first kappa shape index (κ1) is 13.6. The Bertz CT molecular complexity index is 519. The zero-order valence-corrected chi connectivity index (χ0v) is 12.3. The highest BCUT2D eigenvalue weighted by atomic mass is 16.3. The van der Waals surface area contributed by atoms with Crippen LogP contribution in [0, 0.1) is 12.8 Å². The van der Waals surface area contributed by atoms with Crippen LogP contribution in [-0.2, 0) is 17.8 Å². The minimum Gasteiger partial charge on any atom is -0.388 e. The molecule has 1 aromatic rings. The van der Waals surface area contributed by atoms with Gasteiger partial charge in [0.1, 0.15) is 5.82 Å². The van der Waals surface area contributed by atoms with E-state index >= 15 is 0 Å². The van der Waals surface area contributed by atoms with Gasteiger partial charge in [-0.2, -0.15) is 0 Å². The number of likely N-dealkylation sites (N-methyl/N-ethyl adjacent to an activating group) is 1. The third kappa shape index (κ3) is 2.35. The van der Waals surface area contributed by atoms with Gasteiger partial charge in [0.05, 0.1) is 5.60 Å². The number of rotatable bonds is 3. The fraction of sp³-hybridized carbons (Fsp3) is 0.733. The summed E-state index contributed by atoms with van der Waals surface area (Å²) in [4.78, 5) is 18.6. The zero-order valence-electron chi connectivity index (χ0n) is 12.3. The normalized spacial score (nSPS) is 23.9. The summed E-state index contributed by atoms with van der Waals surface area (Å²) in [6, 6.07) is 0. The Morgan fingerprint density at radius 1 is 1.60 bits per heavy atom. The Morgan fingerprint density at radius 3 is 3.00 bits per heavy atom. The molecular formula is C15H23N3O2. The van der Waals surface area contributed by atoms with E-state index in [-0.39, 0.29) is 11.8 Å². The molecule has 2 heterocycles. The molecule has 20 heavy (non-hydrogen) atoms. The highest BCUT2D eigenvalue weighted by Gasteiger charge is 2.38. The first-order chi connectivity index (χ1) is 9.48. The van der Waals surface area contributed by atoms with Crippen molar-refractivity contribution in [3.8, 4) is 0 Å². The number of amides is 1. The third-order valence-electron chi connectivity index (χ3n) is 4.84. The lowest BCUT2D eigenvalue weighted by molar-refractivity contribution is -0.141. The van der Waals surface area contributed by atoms with Crippen LogP contribution in [0.1, 0.15) is 37.2 Å². The Kier molecular flexibility index (Phi) is 3.32. The summed E-state index contributed by atoms with van der Waals surface area (Å²) >= 11 is 0. The van der Waals surface area contributed by atoms with Gasteiger partial charge < -0.3 is 14.6 Å². The van der Waals surface area contributed by atoms with E-state index in [0.29, 0.717) is 6.54 Å². The van der Waals surface area contributed by atoms with Crippen molar-refractivity contribution < 1.29 is 9.90 Å². The molecule has 1 fully saturated rings. The molecule has 0 saturated heterocycles. The Morgan fingerprint density at radius 2 is 2.35 bits per heavy atom. The predicted molar refractivity (Wildman–Crippen MR) is 75.2 cm³/mol. The molecule has 1 aromatic heterocycles. The largest absolute Gasteiger partial charge is 0.388 e. The minimum absolute atomic E-state index is 0.0345. The molecule has 1 saturated carbocycles. The maximum absolute atomic E-state index is 12.5. The summed E-state index contributed by atoms with van der Waals surface area (Å²) in [6.07, 6.45) is 6.23. The van der Waals surface area contributed by atoms with Crippen LogP contribution in [0.25, 0.3) is 0 Å². The van der Waals surface area contributed by atoms with E-state index in [1.165, 1.54) is 0 Å². The second-order valence-corrected chi connectivity index (χ2v) is 6.41. The Labute approximate surface area is 119 Å². The number of nitrogens with zero attached hydrogens (tertiary/aromatic N) is 3. The van der Waals surface area contributed by atoms with Crippen LogP contribution < -0.4 is 0 Å². The van der Waals surface area contributed by atoms with E-state index in [4.69, 9.17) is 0 Å². The van der Waals surface area contributed by atoms with Crippen LogP contribution in [0.15, 0.2) is 6.20 Å². The monoisotopic (exact) mass is 277 g/mol. The highest BCUT2D eigenvalue weighted by Crippen LogP contribution is 2.32. The van der Waals surface area contributed by atoms with Gasteiger partial charge in [-0.1, -0.05) is 0 Å². The van der Waals surface area contributed by atoms with Crippen LogP contribution in [0.3, 0.4) is 0 Å². The molecule has 1 aliphatic carbocycles. The standard InChI is InChI=1S/C15H23N3O2/c1-11-16-9-13-8-12(4-7-18(11)13)14(19)17(2)10-15(20)5-3-6-15/h9,12,20H,3-8,10H2,1-2H3/t12-/m0/s1. The molecule has 110 valence electrons. The fourth-order valence-corrected chi connectivity index (χ4v) is 3.41. The molecule has 2 aliphatic rings. The number of imidazole rings is 1. The van der Waals surface area contributed by atoms with Crippen LogP contribution in [0.5, 0.6) is 0 Å². The smallest absolute Gasteiger partial charge is 0.225 e. The van der Waals surface area contributed by atoms with Crippen molar-refractivity contribution >= 4 is 5.91 Å². The molecule has 5 nitrogen and oxygen atoms in total. The molecule has 0 radical (unpaired) electrons. The minimum atomic E-state index is -0.628. The van der Waals surface area contributed by atoms with E-state index in [0.717, 1.165) is 50.2 Å². The van der Waals surface area contributed by atoms with Crippen LogP contribution >= 0.6 is 0 Å². The summed E-state index contributed by atoms with van der Waals surface area (Å²) in [7, 11) is 1.82. The Balaban J connectivity index is 1.63. The van der Waals surface area contributed by atoms with Gasteiger partial charge in [0.2, 0.25) is 5.91 Å². The highest BCUT2D eigenvalue weighted by molar-refractivity contribution is 5.79. The van der Waals surface area contributed by atoms with E-state index in [1.54, 1.807) is 4.90 Å². The lowest BCUT2D eigenvalue weighted by atomic mass is 9.80. The van der Waals surface area contributed by atoms with Gasteiger partial charge in [-0.3, -0.25) is 4.79 Å². The summed E-state index contributed by atoms with van der Waals surface area (Å²) in [5, 5.41) is 10.2. The van der Waals surface area contributed by atoms with Gasteiger partial charge in [-0.05, 0) is 32.6 Å². The number of carbonyl (C=O) groups excluding carboxylic acids is 1. The van der Waals surface area contributed by atoms with Gasteiger partial charge >= 0.3 is 0 Å². The Hall–Kier alpha value is -1.36. The molecule has 0 unspecified atom stereocenters. The number of hydrogen-bond donors (Lipinski definition) is 1. The number of aliphatic hydroxyl groups is 1. The SMILES string of the molecule is Cc1ncc2n1CC[C@H](C(=O)N(C)CC1(O)CCC1)C2. The summed E-state index contributed by atoms with van der Waals surface area (Å²) in [6.45, 7) is 3.35. The van der Waals surface area contributed by atoms with Crippen molar-refractivity contribution in [2.45, 2.75) is 51.2 Å². The van der Waals surface area contributed by atoms with E-state index in [9.17, 15) is 9.90 Å². The molecule has 1 amide bonds. The quantitative estimate of drug-likeness (QED) is 0.901. The van der Waals surface area contributed by atoms with Crippen molar-refractivity contribution in [1.82, 2.24) is 14.5 Å².